The van der Waals surface area contributed by atoms with Crippen LogP contribution in [0.2, 0.25) is 0 Å². The average molecular weight is 200 g/mol. The largest absolute Gasteiger partial charge is 0.329 e. The minimum absolute atomic E-state index is 0.171. The van der Waals surface area contributed by atoms with Gasteiger partial charge in [0.2, 0.25) is 0 Å². The monoisotopic (exact) mass is 200 g/mol. The van der Waals surface area contributed by atoms with Crippen molar-refractivity contribution in [2.75, 3.05) is 0 Å². The first-order valence-corrected chi connectivity index (χ1v) is 5.78. The molecule has 0 spiro atoms. The molecule has 1 rings (SSSR count). The predicted molar refractivity (Wildman–Crippen MR) is 51.7 cm³/mol. The molecular weight excluding hydrogens is 187 g/mol. The lowest BCUT2D eigenvalue weighted by atomic mass is 10.1. The topological polar surface area (TPSA) is 57.5 Å². The molecule has 0 unspecified atom stereocenters. The van der Waals surface area contributed by atoms with Gasteiger partial charge in [0.15, 0.2) is 0 Å². The van der Waals surface area contributed by atoms with Crippen molar-refractivity contribution in [1.29, 1.82) is 0 Å². The molecule has 0 fully saturated rings. The van der Waals surface area contributed by atoms with E-state index in [1.807, 2.05) is 19.9 Å². The molecule has 13 heavy (non-hydrogen) atoms. The van der Waals surface area contributed by atoms with Gasteiger partial charge in [-0.2, -0.15) is 0 Å². The molecular formula is C9H13O3P. The van der Waals surface area contributed by atoms with Crippen molar-refractivity contribution in [3.05, 3.63) is 34.9 Å². The molecule has 0 aliphatic carbocycles. The lowest BCUT2D eigenvalue weighted by Crippen LogP contribution is -1.89. The maximum atomic E-state index is 10.7. The first-order valence-electron chi connectivity index (χ1n) is 3.98. The number of hydrogen-bond acceptors (Lipinski definition) is 1. The molecule has 0 aromatic heterocycles. The fourth-order valence-corrected chi connectivity index (χ4v) is 2.06. The third kappa shape index (κ3) is 3.73. The summed E-state index contributed by atoms with van der Waals surface area (Å²) in [7, 11) is -3.93. The van der Waals surface area contributed by atoms with E-state index < -0.39 is 7.60 Å². The maximum absolute atomic E-state index is 10.7. The Morgan fingerprint density at radius 1 is 1.15 bits per heavy atom. The van der Waals surface area contributed by atoms with E-state index in [1.165, 1.54) is 0 Å². The van der Waals surface area contributed by atoms with E-state index in [4.69, 9.17) is 9.79 Å². The van der Waals surface area contributed by atoms with Crippen LogP contribution in [0.25, 0.3) is 0 Å². The minimum atomic E-state index is -3.93. The fourth-order valence-electron chi connectivity index (χ4n) is 1.40. The molecule has 2 N–H and O–H groups in total. The smallest absolute Gasteiger partial charge is 0.324 e. The molecule has 0 atom stereocenters. The molecule has 1 aromatic carbocycles. The van der Waals surface area contributed by atoms with Crippen LogP contribution in [-0.4, -0.2) is 9.79 Å². The van der Waals surface area contributed by atoms with E-state index in [9.17, 15) is 4.57 Å². The van der Waals surface area contributed by atoms with E-state index in [-0.39, 0.29) is 6.16 Å². The van der Waals surface area contributed by atoms with E-state index in [2.05, 4.69) is 0 Å². The zero-order valence-corrected chi connectivity index (χ0v) is 8.58. The molecule has 0 heterocycles. The van der Waals surface area contributed by atoms with E-state index in [0.29, 0.717) is 5.56 Å². The van der Waals surface area contributed by atoms with Crippen molar-refractivity contribution >= 4 is 7.60 Å². The third-order valence-corrected chi connectivity index (χ3v) is 2.45. The highest BCUT2D eigenvalue weighted by molar-refractivity contribution is 7.50. The summed E-state index contributed by atoms with van der Waals surface area (Å²) in [5.41, 5.74) is 2.76. The van der Waals surface area contributed by atoms with Crippen LogP contribution in [0.1, 0.15) is 16.7 Å². The van der Waals surface area contributed by atoms with E-state index in [1.54, 1.807) is 12.1 Å². The van der Waals surface area contributed by atoms with E-state index in [0.717, 1.165) is 11.1 Å². The van der Waals surface area contributed by atoms with Gasteiger partial charge in [-0.1, -0.05) is 29.3 Å². The average Bonchev–Trinajstić information content (AvgIpc) is 1.78. The summed E-state index contributed by atoms with van der Waals surface area (Å²) in [4.78, 5) is 17.5. The second-order valence-electron chi connectivity index (χ2n) is 3.32. The van der Waals surface area contributed by atoms with E-state index >= 15 is 0 Å². The van der Waals surface area contributed by atoms with Gasteiger partial charge < -0.3 is 9.79 Å². The van der Waals surface area contributed by atoms with Crippen LogP contribution in [0.4, 0.5) is 0 Å². The summed E-state index contributed by atoms with van der Waals surface area (Å²) in [6.07, 6.45) is -0.171. The van der Waals surface area contributed by atoms with Crippen LogP contribution in [0, 0.1) is 13.8 Å². The number of rotatable bonds is 2. The van der Waals surface area contributed by atoms with Crippen LogP contribution in [-0.2, 0) is 10.7 Å². The Morgan fingerprint density at radius 2 is 1.62 bits per heavy atom. The zero-order valence-electron chi connectivity index (χ0n) is 7.69. The molecule has 3 nitrogen and oxygen atoms in total. The first-order chi connectivity index (χ1) is 5.87. The Morgan fingerprint density at radius 3 is 2.00 bits per heavy atom. The van der Waals surface area contributed by atoms with Crippen molar-refractivity contribution < 1.29 is 14.4 Å². The normalized spacial score (nSPS) is 11.7. The molecule has 0 saturated carbocycles. The van der Waals surface area contributed by atoms with Crippen molar-refractivity contribution in [2.24, 2.45) is 0 Å². The molecule has 0 radical (unpaired) electrons. The van der Waals surface area contributed by atoms with Gasteiger partial charge in [0.1, 0.15) is 0 Å². The number of hydrogen-bond donors (Lipinski definition) is 2. The summed E-state index contributed by atoms with van der Waals surface area (Å²) in [6, 6.07) is 5.57. The van der Waals surface area contributed by atoms with Crippen LogP contribution in [0.15, 0.2) is 18.2 Å². The van der Waals surface area contributed by atoms with Gasteiger partial charge in [0.25, 0.3) is 0 Å². The highest BCUT2D eigenvalue weighted by Gasteiger charge is 2.13. The fraction of sp³-hybridized carbons (Fsp3) is 0.333. The SMILES string of the molecule is Cc1cc(C)cc(CP(=O)(O)O)c1. The van der Waals surface area contributed by atoms with Crippen molar-refractivity contribution in [1.82, 2.24) is 0 Å². The second-order valence-corrected chi connectivity index (χ2v) is 4.96. The van der Waals surface area contributed by atoms with Crippen molar-refractivity contribution in [3.8, 4) is 0 Å². The van der Waals surface area contributed by atoms with Crippen LogP contribution in [0.3, 0.4) is 0 Å². The molecule has 72 valence electrons. The molecule has 0 aliphatic heterocycles. The molecule has 0 bridgehead atoms. The summed E-state index contributed by atoms with van der Waals surface area (Å²) < 4.78 is 10.7. The van der Waals surface area contributed by atoms with Gasteiger partial charge in [-0.25, -0.2) is 0 Å². The molecule has 0 amide bonds. The third-order valence-electron chi connectivity index (χ3n) is 1.67. The van der Waals surface area contributed by atoms with Crippen molar-refractivity contribution in [3.63, 3.8) is 0 Å². The lowest BCUT2D eigenvalue weighted by Gasteiger charge is -2.06. The van der Waals surface area contributed by atoms with Gasteiger partial charge in [0.05, 0.1) is 6.16 Å². The highest BCUT2D eigenvalue weighted by Crippen LogP contribution is 2.39. The van der Waals surface area contributed by atoms with Crippen LogP contribution >= 0.6 is 7.60 Å². The van der Waals surface area contributed by atoms with Gasteiger partial charge in [-0.15, -0.1) is 0 Å². The molecule has 1 aromatic rings. The molecule has 0 saturated heterocycles. The highest BCUT2D eigenvalue weighted by atomic mass is 31.2. The molecule has 4 heteroatoms. The number of benzene rings is 1. The summed E-state index contributed by atoms with van der Waals surface area (Å²) in [5, 5.41) is 0. The Balaban J connectivity index is 2.96. The standard InChI is InChI=1S/C9H13O3P/c1-7-3-8(2)5-9(4-7)6-13(10,11)12/h3-5H,6H2,1-2H3,(H2,10,11,12). The predicted octanol–water partition coefficient (Wildman–Crippen LogP) is 1.98. The van der Waals surface area contributed by atoms with Gasteiger partial charge in [0, 0.05) is 0 Å². The zero-order chi connectivity index (χ0) is 10.1. The van der Waals surface area contributed by atoms with Crippen LogP contribution in [0.5, 0.6) is 0 Å². The van der Waals surface area contributed by atoms with Gasteiger partial charge >= 0.3 is 7.60 Å². The minimum Gasteiger partial charge on any atom is -0.324 e. The number of aryl methyl sites for hydroxylation is 2. The van der Waals surface area contributed by atoms with Crippen LogP contribution < -0.4 is 0 Å². The summed E-state index contributed by atoms with van der Waals surface area (Å²) >= 11 is 0. The summed E-state index contributed by atoms with van der Waals surface area (Å²) in [6.45, 7) is 3.83. The maximum Gasteiger partial charge on any atom is 0.329 e. The second kappa shape index (κ2) is 3.62. The van der Waals surface area contributed by atoms with Crippen molar-refractivity contribution in [2.45, 2.75) is 20.0 Å². The van der Waals surface area contributed by atoms with Gasteiger partial charge in [-0.3, -0.25) is 4.57 Å². The Hall–Kier alpha value is -0.630. The van der Waals surface area contributed by atoms with Gasteiger partial charge in [-0.05, 0) is 19.4 Å². The Bertz CT molecular complexity index is 334. The summed E-state index contributed by atoms with van der Waals surface area (Å²) in [5.74, 6) is 0. The Labute approximate surface area is 77.6 Å². The molecule has 0 aliphatic rings. The Kier molecular flexibility index (Phi) is 2.91. The first kappa shape index (κ1) is 10.5. The lowest BCUT2D eigenvalue weighted by molar-refractivity contribution is 0.371. The quantitative estimate of drug-likeness (QED) is 0.717.